The molecular formula is C25H24F3NO4S. The van der Waals surface area contributed by atoms with E-state index in [4.69, 9.17) is 4.74 Å². The Morgan fingerprint density at radius 2 is 1.76 bits per heavy atom. The number of ether oxygens (including phenoxy) is 2. The van der Waals surface area contributed by atoms with Gasteiger partial charge >= 0.3 is 6.36 Å². The molecule has 0 aromatic heterocycles. The first kappa shape index (κ1) is 24.3. The smallest absolute Gasteiger partial charge is 0.405 e. The van der Waals surface area contributed by atoms with Crippen LogP contribution in [-0.4, -0.2) is 24.1 Å². The van der Waals surface area contributed by atoms with Crippen molar-refractivity contribution in [3.63, 3.8) is 0 Å². The van der Waals surface area contributed by atoms with Gasteiger partial charge in [-0.15, -0.1) is 13.2 Å². The Hall–Kier alpha value is -2.78. The lowest BCUT2D eigenvalue weighted by Crippen LogP contribution is -2.40. The first-order chi connectivity index (χ1) is 15.7. The van der Waals surface area contributed by atoms with Gasteiger partial charge in [0.05, 0.1) is 17.1 Å². The Labute approximate surface area is 199 Å². The fourth-order valence-corrected chi connectivity index (χ4v) is 4.89. The molecule has 0 saturated carbocycles. The van der Waals surface area contributed by atoms with Gasteiger partial charge in [-0.25, -0.2) is 0 Å². The third kappa shape index (κ3) is 4.72. The Kier molecular flexibility index (Phi) is 5.85. The Balaban J connectivity index is 1.91. The lowest BCUT2D eigenvalue weighted by molar-refractivity contribution is -0.274. The topological polar surface area (TPSA) is 64.6 Å². The molecule has 1 saturated heterocycles. The number of hydrogen-bond acceptors (Lipinski definition) is 5. The number of nitrogens with one attached hydrogen (secondary N) is 1. The van der Waals surface area contributed by atoms with Crippen molar-refractivity contribution in [1.82, 2.24) is 5.32 Å². The quantitative estimate of drug-likeness (QED) is 0.502. The summed E-state index contributed by atoms with van der Waals surface area (Å²) in [5, 5.41) is 1.67. The number of carbonyl (C=O) groups is 2. The van der Waals surface area contributed by atoms with Crippen LogP contribution < -0.4 is 10.1 Å². The van der Waals surface area contributed by atoms with Gasteiger partial charge in [-0.3, -0.25) is 14.9 Å². The summed E-state index contributed by atoms with van der Waals surface area (Å²) in [5.41, 5.74) is 3.14. The number of aryl methyl sites for hydroxylation is 1. The summed E-state index contributed by atoms with van der Waals surface area (Å²) in [6.07, 6.45) is -3.40. The highest BCUT2D eigenvalue weighted by molar-refractivity contribution is 8.18. The van der Waals surface area contributed by atoms with Crippen LogP contribution in [0.1, 0.15) is 49.9 Å². The number of amides is 2. The second-order valence-corrected chi connectivity index (χ2v) is 10.6. The molecule has 9 heteroatoms. The zero-order chi connectivity index (χ0) is 25.1. The molecule has 2 heterocycles. The maximum atomic E-state index is 13.2. The van der Waals surface area contributed by atoms with Gasteiger partial charge in [0.15, 0.2) is 0 Å². The fraction of sp³-hybridized carbons (Fsp3) is 0.360. The van der Waals surface area contributed by atoms with E-state index in [-0.39, 0.29) is 21.6 Å². The van der Waals surface area contributed by atoms with Crippen LogP contribution in [0.15, 0.2) is 35.2 Å². The van der Waals surface area contributed by atoms with E-state index in [9.17, 15) is 22.8 Å². The largest absolute Gasteiger partial charge is 0.573 e. The molecule has 2 aliphatic rings. The van der Waals surface area contributed by atoms with Crippen molar-refractivity contribution in [2.75, 3.05) is 6.61 Å². The lowest BCUT2D eigenvalue weighted by atomic mass is 9.73. The second-order valence-electron chi connectivity index (χ2n) is 9.55. The van der Waals surface area contributed by atoms with Crippen molar-refractivity contribution in [2.24, 2.45) is 0 Å². The minimum Gasteiger partial charge on any atom is -0.405 e. The summed E-state index contributed by atoms with van der Waals surface area (Å²) in [7, 11) is 0. The summed E-state index contributed by atoms with van der Waals surface area (Å²) >= 11 is 0.742. The molecule has 4 rings (SSSR count). The molecule has 1 fully saturated rings. The number of alkyl halides is 3. The maximum absolute atomic E-state index is 13.2. The Morgan fingerprint density at radius 1 is 1.06 bits per heavy atom. The average Bonchev–Trinajstić information content (AvgIpc) is 3.02. The molecule has 0 radical (unpaired) electrons. The standard InChI is InChI=1S/C25H24F3NO4S/c1-13-8-18-17(23(2,3)12-32-24(18,4)5)11-15(13)16-9-14(6-7-19(16)33-25(26,27)28)10-20-21(30)29-22(31)34-20/h6-11H,12H2,1-5H3,(H,29,30,31)/b20-10+. The van der Waals surface area contributed by atoms with Crippen LogP contribution in [0.25, 0.3) is 17.2 Å². The number of rotatable bonds is 3. The zero-order valence-corrected chi connectivity index (χ0v) is 20.2. The van der Waals surface area contributed by atoms with E-state index in [0.29, 0.717) is 17.7 Å². The lowest BCUT2D eigenvalue weighted by Gasteiger charge is -2.42. The van der Waals surface area contributed by atoms with Crippen molar-refractivity contribution in [3.8, 4) is 16.9 Å². The summed E-state index contributed by atoms with van der Waals surface area (Å²) in [6, 6.07) is 8.05. The van der Waals surface area contributed by atoms with Crippen molar-refractivity contribution >= 4 is 29.0 Å². The average molecular weight is 492 g/mol. The summed E-state index contributed by atoms with van der Waals surface area (Å²) in [5.74, 6) is -0.887. The highest BCUT2D eigenvalue weighted by Crippen LogP contribution is 2.45. The molecule has 5 nitrogen and oxygen atoms in total. The minimum atomic E-state index is -4.88. The van der Waals surface area contributed by atoms with Crippen molar-refractivity contribution < 1.29 is 32.2 Å². The third-order valence-electron chi connectivity index (χ3n) is 6.00. The summed E-state index contributed by atoms with van der Waals surface area (Å²) in [4.78, 5) is 23.6. The van der Waals surface area contributed by atoms with Crippen LogP contribution in [0.2, 0.25) is 0 Å². The second kappa shape index (κ2) is 8.16. The van der Waals surface area contributed by atoms with Crippen LogP contribution in [0.3, 0.4) is 0 Å². The number of carbonyl (C=O) groups excluding carboxylic acids is 2. The van der Waals surface area contributed by atoms with Gasteiger partial charge in [0.1, 0.15) is 5.75 Å². The van der Waals surface area contributed by atoms with Gasteiger partial charge in [0.25, 0.3) is 11.1 Å². The van der Waals surface area contributed by atoms with Gasteiger partial charge < -0.3 is 9.47 Å². The molecule has 2 aromatic rings. The van der Waals surface area contributed by atoms with Gasteiger partial charge in [-0.1, -0.05) is 26.0 Å². The molecule has 2 amide bonds. The van der Waals surface area contributed by atoms with E-state index in [2.05, 4.69) is 10.1 Å². The molecule has 2 aliphatic heterocycles. The SMILES string of the molecule is Cc1cc2c(cc1-c1cc(/C=C3/SC(=O)NC3=O)ccc1OC(F)(F)F)C(C)(C)COC2(C)C. The first-order valence-corrected chi connectivity index (χ1v) is 11.4. The maximum Gasteiger partial charge on any atom is 0.573 e. The minimum absolute atomic E-state index is 0.169. The number of halogens is 3. The zero-order valence-electron chi connectivity index (χ0n) is 19.3. The van der Waals surface area contributed by atoms with Gasteiger partial charge in [-0.2, -0.15) is 0 Å². The molecule has 1 N–H and O–H groups in total. The number of fused-ring (bicyclic) bond motifs is 1. The van der Waals surface area contributed by atoms with E-state index in [1.807, 2.05) is 46.8 Å². The van der Waals surface area contributed by atoms with Crippen LogP contribution in [0, 0.1) is 6.92 Å². The predicted molar refractivity (Wildman–Crippen MR) is 124 cm³/mol. The van der Waals surface area contributed by atoms with E-state index < -0.39 is 23.1 Å². The highest BCUT2D eigenvalue weighted by atomic mass is 32.2. The molecule has 180 valence electrons. The molecule has 2 aromatic carbocycles. The molecule has 0 unspecified atom stereocenters. The first-order valence-electron chi connectivity index (χ1n) is 10.6. The summed E-state index contributed by atoms with van der Waals surface area (Å²) < 4.78 is 50.1. The van der Waals surface area contributed by atoms with Crippen molar-refractivity contribution in [2.45, 2.75) is 52.0 Å². The molecule has 0 bridgehead atoms. The van der Waals surface area contributed by atoms with Crippen molar-refractivity contribution in [3.05, 3.63) is 57.5 Å². The highest BCUT2D eigenvalue weighted by Gasteiger charge is 2.39. The molecular weight excluding hydrogens is 467 g/mol. The van der Waals surface area contributed by atoms with Gasteiger partial charge in [0.2, 0.25) is 0 Å². The van der Waals surface area contributed by atoms with E-state index in [1.165, 1.54) is 24.3 Å². The molecule has 0 aliphatic carbocycles. The van der Waals surface area contributed by atoms with E-state index in [1.54, 1.807) is 0 Å². The molecule has 0 atom stereocenters. The van der Waals surface area contributed by atoms with Crippen LogP contribution in [0.4, 0.5) is 18.0 Å². The van der Waals surface area contributed by atoms with Crippen LogP contribution in [-0.2, 0) is 20.5 Å². The third-order valence-corrected chi connectivity index (χ3v) is 6.81. The fourth-order valence-electron chi connectivity index (χ4n) is 4.21. The van der Waals surface area contributed by atoms with Crippen LogP contribution in [0.5, 0.6) is 5.75 Å². The Morgan fingerprint density at radius 3 is 2.38 bits per heavy atom. The van der Waals surface area contributed by atoms with E-state index >= 15 is 0 Å². The monoisotopic (exact) mass is 491 g/mol. The van der Waals surface area contributed by atoms with Gasteiger partial charge in [0, 0.05) is 11.0 Å². The molecule has 0 spiro atoms. The number of benzene rings is 2. The number of imide groups is 1. The summed E-state index contributed by atoms with van der Waals surface area (Å²) in [6.45, 7) is 10.3. The number of hydrogen-bond donors (Lipinski definition) is 1. The van der Waals surface area contributed by atoms with E-state index in [0.717, 1.165) is 28.5 Å². The molecule has 34 heavy (non-hydrogen) atoms. The normalized spacial score (nSPS) is 20.3. The predicted octanol–water partition coefficient (Wildman–Crippen LogP) is 6.43. The van der Waals surface area contributed by atoms with Gasteiger partial charge in [-0.05, 0) is 84.6 Å². The number of thioether (sulfide) groups is 1. The Bertz CT molecular complexity index is 1230. The van der Waals surface area contributed by atoms with Crippen molar-refractivity contribution in [1.29, 1.82) is 0 Å². The van der Waals surface area contributed by atoms with Crippen LogP contribution >= 0.6 is 11.8 Å².